The van der Waals surface area contributed by atoms with Gasteiger partial charge in [-0.25, -0.2) is 0 Å². The number of aromatic nitrogens is 1. The van der Waals surface area contributed by atoms with Gasteiger partial charge in [0.15, 0.2) is 0 Å². The summed E-state index contributed by atoms with van der Waals surface area (Å²) < 4.78 is 7.49. The molecule has 7 heteroatoms. The Morgan fingerprint density at radius 2 is 1.84 bits per heavy atom. The molecule has 2 aliphatic heterocycles. The zero-order chi connectivity index (χ0) is 22.6. The molecule has 166 valence electrons. The molecule has 1 saturated heterocycles. The van der Waals surface area contributed by atoms with Gasteiger partial charge >= 0.3 is 0 Å². The van der Waals surface area contributed by atoms with Crippen LogP contribution < -0.4 is 4.74 Å². The zero-order valence-electron chi connectivity index (χ0n) is 18.5. The van der Waals surface area contributed by atoms with Gasteiger partial charge in [-0.15, -0.1) is 0 Å². The number of nitrogens with zero attached hydrogens (tertiary/aromatic N) is 3. The van der Waals surface area contributed by atoms with Crippen molar-refractivity contribution < 1.29 is 19.4 Å². The Bertz CT molecular complexity index is 1210. The standard InChI is InChI=1S/C25H27N3O4/c1-16(30)28-15-25(13-27(14-25)24(31)17-7-5-4-6-8-17)22-19-10-9-18(32-3)11-20(19)26(2)23(22)21(28)12-29/h4-11,21,29H,12-15H2,1-3H3/t21-/m1/s1. The molecule has 1 aromatic heterocycles. The Kier molecular flexibility index (Phi) is 4.74. The molecule has 32 heavy (non-hydrogen) atoms. The van der Waals surface area contributed by atoms with Crippen LogP contribution in [0, 0.1) is 0 Å². The first kappa shape index (κ1) is 20.6. The minimum atomic E-state index is -0.421. The summed E-state index contributed by atoms with van der Waals surface area (Å²) in [6.07, 6.45) is 0. The average Bonchev–Trinajstić information content (AvgIpc) is 3.09. The molecule has 2 aromatic carbocycles. The number of aliphatic hydroxyl groups excluding tert-OH is 1. The maximum atomic E-state index is 13.0. The van der Waals surface area contributed by atoms with Gasteiger partial charge in [0.05, 0.1) is 30.7 Å². The summed E-state index contributed by atoms with van der Waals surface area (Å²) in [5.41, 5.74) is 3.35. The highest BCUT2D eigenvalue weighted by molar-refractivity contribution is 5.96. The number of carbonyl (C=O) groups is 2. The van der Waals surface area contributed by atoms with Gasteiger partial charge < -0.3 is 24.2 Å². The summed E-state index contributed by atoms with van der Waals surface area (Å²) in [6.45, 7) is 2.92. The highest BCUT2D eigenvalue weighted by atomic mass is 16.5. The second kappa shape index (κ2) is 7.38. The summed E-state index contributed by atoms with van der Waals surface area (Å²) in [6, 6.07) is 14.8. The lowest BCUT2D eigenvalue weighted by Gasteiger charge is -2.56. The van der Waals surface area contributed by atoms with Crippen molar-refractivity contribution in [3.63, 3.8) is 0 Å². The third-order valence-electron chi connectivity index (χ3n) is 7.02. The molecule has 2 amide bonds. The Hall–Kier alpha value is -3.32. The highest BCUT2D eigenvalue weighted by Gasteiger charge is 2.55. The molecular weight excluding hydrogens is 406 g/mol. The van der Waals surface area contributed by atoms with Gasteiger partial charge in [0.25, 0.3) is 5.91 Å². The Labute approximate surface area is 186 Å². The first-order valence-corrected chi connectivity index (χ1v) is 10.8. The molecule has 1 spiro atoms. The predicted octanol–water partition coefficient (Wildman–Crippen LogP) is 2.48. The average molecular weight is 434 g/mol. The largest absolute Gasteiger partial charge is 0.497 e. The molecule has 7 nitrogen and oxygen atoms in total. The zero-order valence-corrected chi connectivity index (χ0v) is 18.5. The number of hydrogen-bond acceptors (Lipinski definition) is 4. The number of aryl methyl sites for hydroxylation is 1. The lowest BCUT2D eigenvalue weighted by atomic mass is 9.68. The van der Waals surface area contributed by atoms with Crippen LogP contribution in [0.5, 0.6) is 5.75 Å². The van der Waals surface area contributed by atoms with Crippen molar-refractivity contribution in [3.8, 4) is 5.75 Å². The maximum absolute atomic E-state index is 13.0. The van der Waals surface area contributed by atoms with Gasteiger partial charge in [0.2, 0.25) is 5.91 Å². The van der Waals surface area contributed by atoms with E-state index in [1.165, 1.54) is 0 Å². The number of likely N-dealkylation sites (tertiary alicyclic amines) is 1. The molecule has 3 aromatic rings. The molecule has 0 aliphatic carbocycles. The van der Waals surface area contributed by atoms with Gasteiger partial charge in [0.1, 0.15) is 5.75 Å². The molecule has 0 radical (unpaired) electrons. The number of fused-ring (bicyclic) bond motifs is 4. The number of methoxy groups -OCH3 is 1. The van der Waals surface area contributed by atoms with Crippen LogP contribution in [-0.4, -0.2) is 64.6 Å². The van der Waals surface area contributed by atoms with E-state index in [-0.39, 0.29) is 23.8 Å². The van der Waals surface area contributed by atoms with Crippen molar-refractivity contribution in [3.05, 3.63) is 65.4 Å². The van der Waals surface area contributed by atoms with Crippen LogP contribution in [0.15, 0.2) is 48.5 Å². The molecule has 0 bridgehead atoms. The van der Waals surface area contributed by atoms with Crippen LogP contribution in [0.1, 0.15) is 34.6 Å². The monoisotopic (exact) mass is 433 g/mol. The molecule has 1 N–H and O–H groups in total. The highest BCUT2D eigenvalue weighted by Crippen LogP contribution is 2.49. The molecule has 0 unspecified atom stereocenters. The van der Waals surface area contributed by atoms with Crippen LogP contribution in [0.3, 0.4) is 0 Å². The minimum absolute atomic E-state index is 0.00154. The minimum Gasteiger partial charge on any atom is -0.497 e. The van der Waals surface area contributed by atoms with Crippen molar-refractivity contribution in [2.75, 3.05) is 33.4 Å². The predicted molar refractivity (Wildman–Crippen MR) is 121 cm³/mol. The van der Waals surface area contributed by atoms with E-state index < -0.39 is 6.04 Å². The number of ether oxygens (including phenoxy) is 1. The second-order valence-corrected chi connectivity index (χ2v) is 8.86. The molecule has 5 rings (SSSR count). The Morgan fingerprint density at radius 1 is 1.12 bits per heavy atom. The normalized spacial score (nSPS) is 19.1. The Morgan fingerprint density at radius 3 is 2.47 bits per heavy atom. The first-order valence-electron chi connectivity index (χ1n) is 10.8. The maximum Gasteiger partial charge on any atom is 0.253 e. The van der Waals surface area contributed by atoms with Crippen molar-refractivity contribution in [1.82, 2.24) is 14.4 Å². The lowest BCUT2D eigenvalue weighted by Crippen LogP contribution is -2.68. The molecule has 0 saturated carbocycles. The van der Waals surface area contributed by atoms with Gasteiger partial charge in [-0.1, -0.05) is 18.2 Å². The summed E-state index contributed by atoms with van der Waals surface area (Å²) in [5, 5.41) is 11.3. The molecule has 3 heterocycles. The van der Waals surface area contributed by atoms with Crippen molar-refractivity contribution in [2.45, 2.75) is 18.4 Å². The number of amides is 2. The van der Waals surface area contributed by atoms with Crippen molar-refractivity contribution >= 4 is 22.7 Å². The summed E-state index contributed by atoms with van der Waals surface area (Å²) in [5.74, 6) is 0.672. The number of rotatable bonds is 3. The topological polar surface area (TPSA) is 75.0 Å². The van der Waals surface area contributed by atoms with E-state index in [0.29, 0.717) is 25.2 Å². The number of carbonyl (C=O) groups excluding carboxylic acids is 2. The van der Waals surface area contributed by atoms with Crippen LogP contribution in [0.25, 0.3) is 10.9 Å². The van der Waals surface area contributed by atoms with Crippen LogP contribution in [0.4, 0.5) is 0 Å². The van der Waals surface area contributed by atoms with E-state index in [0.717, 1.165) is 27.9 Å². The van der Waals surface area contributed by atoms with Crippen LogP contribution in [-0.2, 0) is 17.3 Å². The lowest BCUT2D eigenvalue weighted by molar-refractivity contribution is -0.136. The quantitative estimate of drug-likeness (QED) is 0.689. The van der Waals surface area contributed by atoms with Gasteiger partial charge in [-0.3, -0.25) is 9.59 Å². The summed E-state index contributed by atoms with van der Waals surface area (Å²) >= 11 is 0. The summed E-state index contributed by atoms with van der Waals surface area (Å²) in [7, 11) is 3.60. The van der Waals surface area contributed by atoms with Crippen molar-refractivity contribution in [1.29, 1.82) is 0 Å². The van der Waals surface area contributed by atoms with Crippen molar-refractivity contribution in [2.24, 2.45) is 7.05 Å². The first-order chi connectivity index (χ1) is 15.4. The number of hydrogen-bond donors (Lipinski definition) is 1. The van der Waals surface area contributed by atoms with Gasteiger partial charge in [-0.2, -0.15) is 0 Å². The van der Waals surface area contributed by atoms with E-state index >= 15 is 0 Å². The molecular formula is C25H27N3O4. The van der Waals surface area contributed by atoms with E-state index in [2.05, 4.69) is 4.57 Å². The number of aliphatic hydroxyl groups is 1. The molecule has 1 fully saturated rings. The fourth-order valence-corrected chi connectivity index (χ4v) is 5.54. The third kappa shape index (κ3) is 2.84. The van der Waals surface area contributed by atoms with Gasteiger partial charge in [0, 0.05) is 56.3 Å². The van der Waals surface area contributed by atoms with E-state index in [1.54, 1.807) is 18.9 Å². The molecule has 1 atom stereocenters. The summed E-state index contributed by atoms with van der Waals surface area (Å²) in [4.78, 5) is 29.2. The van der Waals surface area contributed by atoms with Gasteiger partial charge in [-0.05, 0) is 29.8 Å². The third-order valence-corrected chi connectivity index (χ3v) is 7.02. The molecule has 2 aliphatic rings. The van der Waals surface area contributed by atoms with E-state index in [4.69, 9.17) is 4.74 Å². The Balaban J connectivity index is 1.63. The number of benzene rings is 2. The second-order valence-electron chi connectivity index (χ2n) is 8.86. The van der Waals surface area contributed by atoms with E-state index in [9.17, 15) is 14.7 Å². The SMILES string of the molecule is COc1ccc2c3c(n(C)c2c1)[C@@H](CO)N(C(C)=O)CC31CN(C(=O)c2ccccc2)C1. The fourth-order valence-electron chi connectivity index (χ4n) is 5.54. The van der Waals surface area contributed by atoms with E-state index in [1.807, 2.05) is 60.5 Å². The van der Waals surface area contributed by atoms with Crippen LogP contribution in [0.2, 0.25) is 0 Å². The smallest absolute Gasteiger partial charge is 0.253 e. The van der Waals surface area contributed by atoms with Crippen LogP contribution >= 0.6 is 0 Å². The fraction of sp³-hybridized carbons (Fsp3) is 0.360.